The Hall–Kier alpha value is -2.31. The number of hydrogen-bond acceptors (Lipinski definition) is 5. The Morgan fingerprint density at radius 3 is 2.64 bits per heavy atom. The molecule has 1 aromatic carbocycles. The first-order valence-electron chi connectivity index (χ1n) is 7.03. The van der Waals surface area contributed by atoms with Crippen molar-refractivity contribution in [2.75, 3.05) is 13.2 Å². The second-order valence-electron chi connectivity index (χ2n) is 4.60. The van der Waals surface area contributed by atoms with E-state index in [0.29, 0.717) is 7.15 Å². The molecule has 1 amide bonds. The SMILES string of the molecule is CCOC(=O)CN(Cc1ccccc1)C(=O)C(C)/N=C\B=O. The number of nitrogens with zero attached hydrogens (tertiary/aromatic N) is 2. The number of carbonyl (C=O) groups is 2. The third-order valence-corrected chi connectivity index (χ3v) is 2.88. The van der Waals surface area contributed by atoms with Crippen LogP contribution in [0.4, 0.5) is 0 Å². The summed E-state index contributed by atoms with van der Waals surface area (Å²) in [6.07, 6.45) is 1.04. The van der Waals surface area contributed by atoms with Crippen LogP contribution in [-0.4, -0.2) is 49.2 Å². The maximum atomic E-state index is 12.4. The summed E-state index contributed by atoms with van der Waals surface area (Å²) < 4.78 is 15.2. The van der Waals surface area contributed by atoms with Gasteiger partial charge in [-0.05, 0) is 0 Å². The molecule has 116 valence electrons. The van der Waals surface area contributed by atoms with Crippen molar-refractivity contribution in [2.45, 2.75) is 26.4 Å². The zero-order chi connectivity index (χ0) is 16.4. The molecule has 1 aromatic rings. The van der Waals surface area contributed by atoms with Crippen LogP contribution >= 0.6 is 0 Å². The number of hydrogen-bond donors (Lipinski definition) is 0. The molecule has 1 atom stereocenters. The zero-order valence-corrected chi connectivity index (χ0v) is 12.8. The second-order valence-corrected chi connectivity index (χ2v) is 4.60. The van der Waals surface area contributed by atoms with E-state index in [4.69, 9.17) is 4.74 Å². The van der Waals surface area contributed by atoms with E-state index in [1.54, 1.807) is 13.8 Å². The van der Waals surface area contributed by atoms with Gasteiger partial charge in [0.25, 0.3) is 0 Å². The van der Waals surface area contributed by atoms with Crippen LogP contribution in [0.3, 0.4) is 0 Å². The Kier molecular flexibility index (Phi) is 7.74. The van der Waals surface area contributed by atoms with E-state index in [0.717, 1.165) is 11.7 Å². The van der Waals surface area contributed by atoms with Crippen LogP contribution in [0.2, 0.25) is 0 Å². The van der Waals surface area contributed by atoms with Crippen LogP contribution in [0, 0.1) is 0 Å². The van der Waals surface area contributed by atoms with Gasteiger partial charge >= 0.3 is 130 Å². The van der Waals surface area contributed by atoms with Crippen molar-refractivity contribution in [1.29, 1.82) is 0 Å². The van der Waals surface area contributed by atoms with E-state index in [1.807, 2.05) is 30.3 Å². The molecule has 0 bridgehead atoms. The molecule has 0 saturated carbocycles. The predicted octanol–water partition coefficient (Wildman–Crippen LogP) is 1.04. The standard InChI is InChI=1S/C15H19BN2O4/c1-3-22-14(19)10-18(9-13-7-5-4-6-8-13)15(20)12(2)17-11-16-21/h4-8,11-12H,3,9-10H2,1-2H3/b17-11-. The summed E-state index contributed by atoms with van der Waals surface area (Å²) in [5, 5.41) is 0. The van der Waals surface area contributed by atoms with Crippen LogP contribution in [0.5, 0.6) is 0 Å². The molecule has 0 N–H and O–H groups in total. The number of esters is 1. The topological polar surface area (TPSA) is 76.0 Å². The van der Waals surface area contributed by atoms with Crippen molar-refractivity contribution in [3.63, 3.8) is 0 Å². The van der Waals surface area contributed by atoms with Crippen molar-refractivity contribution < 1.29 is 19.0 Å². The Morgan fingerprint density at radius 1 is 1.36 bits per heavy atom. The summed E-state index contributed by atoms with van der Waals surface area (Å²) in [6, 6.07) is 8.59. The number of carbonyl (C=O) groups excluding carboxylic acids is 2. The van der Waals surface area contributed by atoms with E-state index in [1.165, 1.54) is 4.90 Å². The molecule has 6 nitrogen and oxygen atoms in total. The van der Waals surface area contributed by atoms with Gasteiger partial charge in [0.2, 0.25) is 0 Å². The molecule has 1 rings (SSSR count). The molecule has 1 unspecified atom stereocenters. The number of amides is 1. The quantitative estimate of drug-likeness (QED) is 0.408. The van der Waals surface area contributed by atoms with Crippen LogP contribution < -0.4 is 0 Å². The van der Waals surface area contributed by atoms with Gasteiger partial charge < -0.3 is 0 Å². The molecule has 0 spiro atoms. The third-order valence-electron chi connectivity index (χ3n) is 2.88. The molecular formula is C15H19BN2O4. The Morgan fingerprint density at radius 2 is 2.05 bits per heavy atom. The summed E-state index contributed by atoms with van der Waals surface area (Å²) in [6.45, 7) is 3.66. The summed E-state index contributed by atoms with van der Waals surface area (Å²) in [5.41, 5.74) is 0.895. The summed E-state index contributed by atoms with van der Waals surface area (Å²) in [5.74, 6) is -0.812. The van der Waals surface area contributed by atoms with Crippen LogP contribution in [0.15, 0.2) is 35.3 Å². The number of rotatable bonds is 8. The van der Waals surface area contributed by atoms with Gasteiger partial charge in [-0.25, -0.2) is 0 Å². The molecule has 0 aliphatic heterocycles. The molecule has 22 heavy (non-hydrogen) atoms. The summed E-state index contributed by atoms with van der Waals surface area (Å²) in [7, 11) is 0.511. The average Bonchev–Trinajstić information content (AvgIpc) is 2.52. The first-order valence-corrected chi connectivity index (χ1v) is 7.03. The first kappa shape index (κ1) is 17.7. The Balaban J connectivity index is 2.85. The van der Waals surface area contributed by atoms with Crippen LogP contribution in [0.25, 0.3) is 0 Å². The van der Waals surface area contributed by atoms with E-state index in [2.05, 4.69) is 4.99 Å². The molecule has 0 aliphatic carbocycles. The van der Waals surface area contributed by atoms with Gasteiger partial charge in [0, 0.05) is 0 Å². The molecule has 0 saturated heterocycles. The van der Waals surface area contributed by atoms with E-state index >= 15 is 0 Å². The monoisotopic (exact) mass is 302 g/mol. The predicted molar refractivity (Wildman–Crippen MR) is 82.9 cm³/mol. The van der Waals surface area contributed by atoms with E-state index in [-0.39, 0.29) is 25.6 Å². The maximum absolute atomic E-state index is 12.4. The van der Waals surface area contributed by atoms with Crippen molar-refractivity contribution in [2.24, 2.45) is 4.99 Å². The Bertz CT molecular complexity index is 534. The molecular weight excluding hydrogens is 283 g/mol. The fraction of sp³-hybridized carbons (Fsp3) is 0.400. The van der Waals surface area contributed by atoms with E-state index in [9.17, 15) is 14.3 Å². The molecule has 0 fully saturated rings. The van der Waals surface area contributed by atoms with E-state index < -0.39 is 12.0 Å². The Labute approximate surface area is 130 Å². The number of aliphatic imine (C=N–C) groups is 1. The third kappa shape index (κ3) is 5.99. The number of ether oxygens (including phenoxy) is 1. The molecule has 7 heteroatoms. The van der Waals surface area contributed by atoms with Crippen LogP contribution in [-0.2, 0) is 25.6 Å². The van der Waals surface area contributed by atoms with Crippen molar-refractivity contribution in [1.82, 2.24) is 4.90 Å². The number of benzene rings is 1. The van der Waals surface area contributed by atoms with Gasteiger partial charge in [-0.1, -0.05) is 0 Å². The fourth-order valence-electron chi connectivity index (χ4n) is 1.87. The summed E-state index contributed by atoms with van der Waals surface area (Å²) >= 11 is 0. The van der Waals surface area contributed by atoms with Crippen molar-refractivity contribution in [3.8, 4) is 0 Å². The average molecular weight is 302 g/mol. The second kappa shape index (κ2) is 9.60. The van der Waals surface area contributed by atoms with Crippen molar-refractivity contribution in [3.05, 3.63) is 35.9 Å². The van der Waals surface area contributed by atoms with Gasteiger partial charge in [0.15, 0.2) is 0 Å². The van der Waals surface area contributed by atoms with Gasteiger partial charge in [-0.3, -0.25) is 0 Å². The van der Waals surface area contributed by atoms with Gasteiger partial charge in [-0.2, -0.15) is 0 Å². The van der Waals surface area contributed by atoms with Gasteiger partial charge in [0.05, 0.1) is 0 Å². The zero-order valence-electron chi connectivity index (χ0n) is 12.8. The van der Waals surface area contributed by atoms with Crippen LogP contribution in [0.1, 0.15) is 19.4 Å². The normalized spacial score (nSPS) is 11.7. The first-order chi connectivity index (χ1) is 10.6. The molecule has 0 heterocycles. The fourth-order valence-corrected chi connectivity index (χ4v) is 1.87. The molecule has 0 aromatic heterocycles. The van der Waals surface area contributed by atoms with Gasteiger partial charge in [0.1, 0.15) is 0 Å². The molecule has 0 radical (unpaired) electrons. The minimum absolute atomic E-state index is 0.150. The van der Waals surface area contributed by atoms with Gasteiger partial charge in [-0.15, -0.1) is 0 Å². The van der Waals surface area contributed by atoms with Crippen molar-refractivity contribution >= 4 is 25.1 Å². The minimum atomic E-state index is -0.733. The molecule has 0 aliphatic rings. The summed E-state index contributed by atoms with van der Waals surface area (Å²) in [4.78, 5) is 29.3.